The van der Waals surface area contributed by atoms with Gasteiger partial charge in [-0.05, 0) is 36.5 Å². The zero-order valence-electron chi connectivity index (χ0n) is 9.47. The van der Waals surface area contributed by atoms with Gasteiger partial charge in [-0.1, -0.05) is 28.1 Å². The van der Waals surface area contributed by atoms with Crippen LogP contribution in [0.1, 0.15) is 24.4 Å². The number of hydrogen-bond donors (Lipinski definition) is 1. The molecule has 0 bridgehead atoms. The van der Waals surface area contributed by atoms with Gasteiger partial charge < -0.3 is 5.73 Å². The highest BCUT2D eigenvalue weighted by molar-refractivity contribution is 9.10. The lowest BCUT2D eigenvalue weighted by Gasteiger charge is -2.27. The van der Waals surface area contributed by atoms with Crippen molar-refractivity contribution in [3.8, 4) is 0 Å². The van der Waals surface area contributed by atoms with Crippen molar-refractivity contribution >= 4 is 25.8 Å². The fourth-order valence-corrected chi connectivity index (χ4v) is 4.20. The molecule has 1 aliphatic rings. The molecular weight excluding hydrogens is 302 g/mol. The van der Waals surface area contributed by atoms with Gasteiger partial charge in [0.1, 0.15) is 9.84 Å². The molecule has 1 aromatic rings. The first-order chi connectivity index (χ1) is 7.98. The van der Waals surface area contributed by atoms with Gasteiger partial charge in [0.05, 0.1) is 11.5 Å². The lowest BCUT2D eigenvalue weighted by Crippen LogP contribution is -2.30. The van der Waals surface area contributed by atoms with Crippen LogP contribution < -0.4 is 5.73 Å². The Labute approximate surface area is 110 Å². The van der Waals surface area contributed by atoms with Crippen LogP contribution in [0, 0.1) is 5.92 Å². The quantitative estimate of drug-likeness (QED) is 0.910. The average Bonchev–Trinajstić information content (AvgIpc) is 2.28. The van der Waals surface area contributed by atoms with Gasteiger partial charge in [-0.2, -0.15) is 0 Å². The van der Waals surface area contributed by atoms with Crippen LogP contribution in [0.2, 0.25) is 0 Å². The van der Waals surface area contributed by atoms with Crippen molar-refractivity contribution in [1.29, 1.82) is 0 Å². The second-order valence-corrected chi connectivity index (χ2v) is 7.79. The maximum Gasteiger partial charge on any atom is 0.150 e. The lowest BCUT2D eigenvalue weighted by molar-refractivity contribution is 0.391. The third-order valence-electron chi connectivity index (χ3n) is 3.34. The molecule has 0 radical (unpaired) electrons. The number of halogens is 1. The molecule has 2 rings (SSSR count). The van der Waals surface area contributed by atoms with E-state index in [2.05, 4.69) is 15.9 Å². The summed E-state index contributed by atoms with van der Waals surface area (Å²) in [4.78, 5) is 0. The van der Waals surface area contributed by atoms with Crippen LogP contribution in [-0.4, -0.2) is 19.9 Å². The molecule has 1 aliphatic heterocycles. The Hall–Kier alpha value is -0.390. The summed E-state index contributed by atoms with van der Waals surface area (Å²) in [7, 11) is -2.80. The van der Waals surface area contributed by atoms with Gasteiger partial charge in [0, 0.05) is 10.5 Å². The zero-order valence-corrected chi connectivity index (χ0v) is 11.9. The molecule has 1 heterocycles. The van der Waals surface area contributed by atoms with E-state index in [4.69, 9.17) is 5.73 Å². The van der Waals surface area contributed by atoms with E-state index in [0.717, 1.165) is 10.0 Å². The second kappa shape index (κ2) is 5.08. The molecule has 2 N–H and O–H groups in total. The lowest BCUT2D eigenvalue weighted by atomic mass is 9.89. The first-order valence-corrected chi connectivity index (χ1v) is 8.31. The number of nitrogens with two attached hydrogens (primary N) is 1. The molecule has 17 heavy (non-hydrogen) atoms. The predicted molar refractivity (Wildman–Crippen MR) is 72.4 cm³/mol. The molecule has 0 spiro atoms. The molecule has 1 fully saturated rings. The molecule has 1 saturated heterocycles. The van der Waals surface area contributed by atoms with Crippen LogP contribution in [0.3, 0.4) is 0 Å². The van der Waals surface area contributed by atoms with Crippen LogP contribution in [0.25, 0.3) is 0 Å². The van der Waals surface area contributed by atoms with Crippen molar-refractivity contribution in [1.82, 2.24) is 0 Å². The first kappa shape index (κ1) is 13.1. The van der Waals surface area contributed by atoms with Crippen LogP contribution in [0.15, 0.2) is 28.7 Å². The SMILES string of the molecule is NC(c1cccc(Br)c1)C1CCS(=O)(=O)CC1. The topological polar surface area (TPSA) is 60.2 Å². The van der Waals surface area contributed by atoms with Crippen molar-refractivity contribution < 1.29 is 8.42 Å². The fraction of sp³-hybridized carbons (Fsp3) is 0.500. The smallest absolute Gasteiger partial charge is 0.150 e. The Morgan fingerprint density at radius 1 is 1.29 bits per heavy atom. The van der Waals surface area contributed by atoms with Gasteiger partial charge in [-0.3, -0.25) is 0 Å². The molecule has 5 heteroatoms. The van der Waals surface area contributed by atoms with Gasteiger partial charge in [0.15, 0.2) is 0 Å². The highest BCUT2D eigenvalue weighted by Gasteiger charge is 2.28. The third-order valence-corrected chi connectivity index (χ3v) is 5.55. The van der Waals surface area contributed by atoms with Crippen molar-refractivity contribution in [3.63, 3.8) is 0 Å². The predicted octanol–water partition coefficient (Wildman–Crippen LogP) is 2.27. The molecular formula is C12H16BrNO2S. The van der Waals surface area contributed by atoms with Gasteiger partial charge in [-0.15, -0.1) is 0 Å². The molecule has 1 aromatic carbocycles. The van der Waals surface area contributed by atoms with E-state index < -0.39 is 9.84 Å². The summed E-state index contributed by atoms with van der Waals surface area (Å²) < 4.78 is 23.7. The van der Waals surface area contributed by atoms with Gasteiger partial charge in [0.2, 0.25) is 0 Å². The molecule has 1 atom stereocenters. The van der Waals surface area contributed by atoms with Crippen LogP contribution in [-0.2, 0) is 9.84 Å². The largest absolute Gasteiger partial charge is 0.324 e. The molecule has 0 amide bonds. The Bertz CT molecular complexity index is 487. The Kier molecular flexibility index (Phi) is 3.90. The Morgan fingerprint density at radius 2 is 1.94 bits per heavy atom. The van der Waals surface area contributed by atoms with E-state index in [1.165, 1.54) is 0 Å². The van der Waals surface area contributed by atoms with Crippen LogP contribution in [0.4, 0.5) is 0 Å². The first-order valence-electron chi connectivity index (χ1n) is 5.69. The highest BCUT2D eigenvalue weighted by atomic mass is 79.9. The minimum absolute atomic E-state index is 0.0667. The summed E-state index contributed by atoms with van der Waals surface area (Å²) in [5.41, 5.74) is 7.28. The number of rotatable bonds is 2. The summed E-state index contributed by atoms with van der Waals surface area (Å²) >= 11 is 3.42. The van der Waals surface area contributed by atoms with E-state index in [1.807, 2.05) is 24.3 Å². The third kappa shape index (κ3) is 3.30. The molecule has 0 aromatic heterocycles. The standard InChI is InChI=1S/C12H16BrNO2S/c13-11-3-1-2-10(8-11)12(14)9-4-6-17(15,16)7-5-9/h1-3,8-9,12H,4-7,14H2. The minimum atomic E-state index is -2.80. The van der Waals surface area contributed by atoms with E-state index in [0.29, 0.717) is 12.8 Å². The monoisotopic (exact) mass is 317 g/mol. The summed E-state index contributed by atoms with van der Waals surface area (Å²) in [5, 5.41) is 0. The summed E-state index contributed by atoms with van der Waals surface area (Å²) in [6.45, 7) is 0. The van der Waals surface area contributed by atoms with Crippen LogP contribution >= 0.6 is 15.9 Å². The average molecular weight is 318 g/mol. The summed E-state index contributed by atoms with van der Waals surface area (Å²) in [6.07, 6.45) is 1.35. The normalized spacial score (nSPS) is 22.2. The second-order valence-electron chi connectivity index (χ2n) is 4.57. The molecule has 1 unspecified atom stereocenters. The van der Waals surface area contributed by atoms with Crippen molar-refractivity contribution in [2.24, 2.45) is 11.7 Å². The van der Waals surface area contributed by atoms with E-state index in [9.17, 15) is 8.42 Å². The molecule has 94 valence electrons. The van der Waals surface area contributed by atoms with Crippen molar-refractivity contribution in [2.45, 2.75) is 18.9 Å². The van der Waals surface area contributed by atoms with Crippen LogP contribution in [0.5, 0.6) is 0 Å². The summed E-state index contributed by atoms with van der Waals surface area (Å²) in [5.74, 6) is 0.825. The maximum absolute atomic E-state index is 11.4. The maximum atomic E-state index is 11.4. The number of hydrogen-bond acceptors (Lipinski definition) is 3. The Balaban J connectivity index is 2.09. The van der Waals surface area contributed by atoms with Gasteiger partial charge in [-0.25, -0.2) is 8.42 Å². The van der Waals surface area contributed by atoms with Crippen molar-refractivity contribution in [2.75, 3.05) is 11.5 Å². The number of benzene rings is 1. The van der Waals surface area contributed by atoms with Gasteiger partial charge in [0.25, 0.3) is 0 Å². The Morgan fingerprint density at radius 3 is 2.53 bits per heavy atom. The minimum Gasteiger partial charge on any atom is -0.324 e. The zero-order chi connectivity index (χ0) is 12.5. The van der Waals surface area contributed by atoms with Crippen molar-refractivity contribution in [3.05, 3.63) is 34.3 Å². The fourth-order valence-electron chi connectivity index (χ4n) is 2.25. The van der Waals surface area contributed by atoms with Gasteiger partial charge >= 0.3 is 0 Å². The highest BCUT2D eigenvalue weighted by Crippen LogP contribution is 2.30. The molecule has 0 aliphatic carbocycles. The molecule has 3 nitrogen and oxygen atoms in total. The van der Waals surface area contributed by atoms with E-state index in [1.54, 1.807) is 0 Å². The van der Waals surface area contributed by atoms with E-state index in [-0.39, 0.29) is 23.5 Å². The number of sulfone groups is 1. The summed E-state index contributed by atoms with van der Waals surface area (Å²) in [6, 6.07) is 7.86. The van der Waals surface area contributed by atoms with E-state index >= 15 is 0 Å². The molecule has 0 saturated carbocycles.